The maximum atomic E-state index is 13.7. The van der Waals surface area contributed by atoms with Gasteiger partial charge in [0.05, 0.1) is 12.7 Å². The number of rotatable bonds is 6. The van der Waals surface area contributed by atoms with Crippen molar-refractivity contribution in [3.63, 3.8) is 0 Å². The van der Waals surface area contributed by atoms with Crippen LogP contribution in [0.25, 0.3) is 0 Å². The molecule has 0 aliphatic carbocycles. The van der Waals surface area contributed by atoms with Crippen molar-refractivity contribution >= 4 is 11.9 Å². The molecule has 2 rings (SSSR count). The molecular formula is C18H17F2NO3. The molecule has 24 heavy (non-hydrogen) atoms. The van der Waals surface area contributed by atoms with Crippen molar-refractivity contribution in [2.45, 2.75) is 18.9 Å². The lowest BCUT2D eigenvalue weighted by atomic mass is 10.0. The Bertz CT molecular complexity index is 719. The fourth-order valence-corrected chi connectivity index (χ4v) is 2.26. The van der Waals surface area contributed by atoms with Crippen LogP contribution in [-0.4, -0.2) is 25.0 Å². The van der Waals surface area contributed by atoms with E-state index >= 15 is 0 Å². The van der Waals surface area contributed by atoms with Gasteiger partial charge in [0.2, 0.25) is 0 Å². The largest absolute Gasteiger partial charge is 0.467 e. The molecule has 0 aromatic heterocycles. The summed E-state index contributed by atoms with van der Waals surface area (Å²) in [6.45, 7) is 0. The molecule has 4 nitrogen and oxygen atoms in total. The zero-order valence-electron chi connectivity index (χ0n) is 13.1. The van der Waals surface area contributed by atoms with Crippen LogP contribution in [0.1, 0.15) is 22.3 Å². The standard InChI is InChI=1S/C18H17F2NO3/c1-24-18(23)16(10-7-12-5-3-2-4-6-12)21-17(22)14-9-8-13(19)11-15(14)20/h2-6,8-9,11,16H,7,10H2,1H3,(H,21,22)/t16-/m1/s1. The number of carbonyl (C=O) groups excluding carboxylic acids is 2. The van der Waals surface area contributed by atoms with Crippen LogP contribution in [0.2, 0.25) is 0 Å². The minimum atomic E-state index is -0.987. The average Bonchev–Trinajstić information content (AvgIpc) is 2.58. The van der Waals surface area contributed by atoms with E-state index in [2.05, 4.69) is 10.1 Å². The van der Waals surface area contributed by atoms with Gasteiger partial charge in [-0.15, -0.1) is 0 Å². The number of nitrogens with one attached hydrogen (secondary N) is 1. The zero-order valence-corrected chi connectivity index (χ0v) is 13.1. The van der Waals surface area contributed by atoms with Crippen molar-refractivity contribution in [1.82, 2.24) is 5.32 Å². The number of benzene rings is 2. The number of methoxy groups -OCH3 is 1. The summed E-state index contributed by atoms with van der Waals surface area (Å²) in [4.78, 5) is 24.0. The first kappa shape index (κ1) is 17.6. The van der Waals surface area contributed by atoms with E-state index in [4.69, 9.17) is 0 Å². The van der Waals surface area contributed by atoms with E-state index < -0.39 is 29.6 Å². The van der Waals surface area contributed by atoms with Gasteiger partial charge in [0.15, 0.2) is 0 Å². The molecule has 0 aliphatic rings. The average molecular weight is 333 g/mol. The molecule has 0 aliphatic heterocycles. The highest BCUT2D eigenvalue weighted by molar-refractivity contribution is 5.97. The summed E-state index contributed by atoms with van der Waals surface area (Å²) >= 11 is 0. The molecule has 0 saturated carbocycles. The molecule has 1 N–H and O–H groups in total. The molecule has 0 bridgehead atoms. The Labute approximate surface area is 138 Å². The number of hydrogen-bond acceptors (Lipinski definition) is 3. The Balaban J connectivity index is 2.07. The quantitative estimate of drug-likeness (QED) is 0.827. The van der Waals surface area contributed by atoms with Crippen LogP contribution >= 0.6 is 0 Å². The van der Waals surface area contributed by atoms with Crippen molar-refractivity contribution < 1.29 is 23.1 Å². The van der Waals surface area contributed by atoms with Crippen molar-refractivity contribution in [3.05, 3.63) is 71.3 Å². The van der Waals surface area contributed by atoms with Gasteiger partial charge in [-0.05, 0) is 30.5 Å². The summed E-state index contributed by atoms with van der Waals surface area (Å²) < 4.78 is 31.3. The monoisotopic (exact) mass is 333 g/mol. The first-order valence-electron chi connectivity index (χ1n) is 7.39. The van der Waals surface area contributed by atoms with Crippen LogP contribution in [0.3, 0.4) is 0 Å². The third-order valence-corrected chi connectivity index (χ3v) is 3.53. The lowest BCUT2D eigenvalue weighted by molar-refractivity contribution is -0.143. The predicted octanol–water partition coefficient (Wildman–Crippen LogP) is 2.87. The van der Waals surface area contributed by atoms with Crippen LogP contribution in [0.5, 0.6) is 0 Å². The molecule has 0 spiro atoms. The second-order valence-electron chi connectivity index (χ2n) is 5.20. The Hall–Kier alpha value is -2.76. The van der Waals surface area contributed by atoms with E-state index in [1.165, 1.54) is 7.11 Å². The number of aryl methyl sites for hydroxylation is 1. The normalized spacial score (nSPS) is 11.6. The van der Waals surface area contributed by atoms with Crippen LogP contribution in [-0.2, 0) is 16.0 Å². The number of esters is 1. The molecule has 0 fully saturated rings. The number of amides is 1. The molecule has 0 saturated heterocycles. The maximum absolute atomic E-state index is 13.7. The topological polar surface area (TPSA) is 55.4 Å². The van der Waals surface area contributed by atoms with Gasteiger partial charge < -0.3 is 10.1 Å². The van der Waals surface area contributed by atoms with E-state index in [0.717, 1.165) is 17.7 Å². The summed E-state index contributed by atoms with van der Waals surface area (Å²) in [6.07, 6.45) is 0.831. The van der Waals surface area contributed by atoms with Gasteiger partial charge >= 0.3 is 5.97 Å². The van der Waals surface area contributed by atoms with Crippen LogP contribution in [0, 0.1) is 11.6 Å². The molecule has 126 valence electrons. The summed E-state index contributed by atoms with van der Waals surface area (Å²) in [6, 6.07) is 11.1. The van der Waals surface area contributed by atoms with Crippen molar-refractivity contribution in [2.24, 2.45) is 0 Å². The van der Waals surface area contributed by atoms with Crippen LogP contribution < -0.4 is 5.32 Å². The van der Waals surface area contributed by atoms with E-state index in [1.807, 2.05) is 30.3 Å². The number of ether oxygens (including phenoxy) is 1. The summed E-state index contributed by atoms with van der Waals surface area (Å²) in [5.74, 6) is -3.19. The molecular weight excluding hydrogens is 316 g/mol. The highest BCUT2D eigenvalue weighted by Gasteiger charge is 2.23. The summed E-state index contributed by atoms with van der Waals surface area (Å²) in [5.41, 5.74) is 0.665. The highest BCUT2D eigenvalue weighted by Crippen LogP contribution is 2.11. The molecule has 2 aromatic rings. The van der Waals surface area contributed by atoms with Gasteiger partial charge in [-0.1, -0.05) is 30.3 Å². The van der Waals surface area contributed by atoms with Gasteiger partial charge in [-0.2, -0.15) is 0 Å². The highest BCUT2D eigenvalue weighted by atomic mass is 19.1. The molecule has 6 heteroatoms. The van der Waals surface area contributed by atoms with Gasteiger partial charge in [0.25, 0.3) is 5.91 Å². The minimum Gasteiger partial charge on any atom is -0.467 e. The van der Waals surface area contributed by atoms with E-state index in [0.29, 0.717) is 18.9 Å². The SMILES string of the molecule is COC(=O)[C@@H](CCc1ccccc1)NC(=O)c1ccc(F)cc1F. The maximum Gasteiger partial charge on any atom is 0.328 e. The van der Waals surface area contributed by atoms with Crippen molar-refractivity contribution in [3.8, 4) is 0 Å². The van der Waals surface area contributed by atoms with E-state index in [9.17, 15) is 18.4 Å². The molecule has 0 unspecified atom stereocenters. The second-order valence-corrected chi connectivity index (χ2v) is 5.20. The van der Waals surface area contributed by atoms with E-state index in [1.54, 1.807) is 0 Å². The molecule has 2 aromatic carbocycles. The van der Waals surface area contributed by atoms with Crippen molar-refractivity contribution in [2.75, 3.05) is 7.11 Å². The number of halogens is 2. The van der Waals surface area contributed by atoms with Crippen LogP contribution in [0.15, 0.2) is 48.5 Å². The lowest BCUT2D eigenvalue weighted by Gasteiger charge is -2.17. The minimum absolute atomic E-state index is 0.297. The Morgan fingerprint density at radius 2 is 1.83 bits per heavy atom. The Morgan fingerprint density at radius 3 is 2.46 bits per heavy atom. The number of carbonyl (C=O) groups is 2. The summed E-state index contributed by atoms with van der Waals surface area (Å²) in [7, 11) is 1.21. The summed E-state index contributed by atoms with van der Waals surface area (Å²) in [5, 5.41) is 2.44. The first-order valence-corrected chi connectivity index (χ1v) is 7.39. The fourth-order valence-electron chi connectivity index (χ4n) is 2.26. The first-order chi connectivity index (χ1) is 11.5. The van der Waals surface area contributed by atoms with Gasteiger partial charge in [0, 0.05) is 6.07 Å². The molecule has 1 atom stereocenters. The number of hydrogen-bond donors (Lipinski definition) is 1. The second kappa shape index (κ2) is 8.19. The lowest BCUT2D eigenvalue weighted by Crippen LogP contribution is -2.42. The van der Waals surface area contributed by atoms with Crippen molar-refractivity contribution in [1.29, 1.82) is 0 Å². The van der Waals surface area contributed by atoms with Crippen LogP contribution in [0.4, 0.5) is 8.78 Å². The van der Waals surface area contributed by atoms with Gasteiger partial charge in [0.1, 0.15) is 17.7 Å². The molecule has 0 radical (unpaired) electrons. The fraction of sp³-hybridized carbons (Fsp3) is 0.222. The third kappa shape index (κ3) is 4.62. The Kier molecular flexibility index (Phi) is 6.01. The third-order valence-electron chi connectivity index (χ3n) is 3.53. The van der Waals surface area contributed by atoms with Gasteiger partial charge in [-0.3, -0.25) is 4.79 Å². The zero-order chi connectivity index (χ0) is 17.5. The Morgan fingerprint density at radius 1 is 1.12 bits per heavy atom. The van der Waals surface area contributed by atoms with E-state index in [-0.39, 0.29) is 5.56 Å². The van der Waals surface area contributed by atoms with Gasteiger partial charge in [-0.25, -0.2) is 13.6 Å². The molecule has 1 amide bonds. The molecule has 0 heterocycles. The smallest absolute Gasteiger partial charge is 0.328 e. The predicted molar refractivity (Wildman–Crippen MR) is 84.4 cm³/mol.